The average molecular weight is 389 g/mol. The van der Waals surface area contributed by atoms with Gasteiger partial charge < -0.3 is 14.6 Å². The Bertz CT molecular complexity index is 1130. The number of nitrogens with zero attached hydrogens (tertiary/aromatic N) is 2. The van der Waals surface area contributed by atoms with E-state index in [1.54, 1.807) is 36.5 Å². The maximum Gasteiger partial charge on any atom is 0.290 e. The molecule has 0 fully saturated rings. The monoisotopic (exact) mass is 389 g/mol. The van der Waals surface area contributed by atoms with Gasteiger partial charge >= 0.3 is 0 Å². The number of carbonyl (C=O) groups excluding carboxylic acids is 1. The van der Waals surface area contributed by atoms with Crippen molar-refractivity contribution in [1.82, 2.24) is 15.5 Å². The number of nitrogens with one attached hydrogen (secondary N) is 1. The van der Waals surface area contributed by atoms with Crippen LogP contribution in [-0.4, -0.2) is 16.0 Å². The number of benzene rings is 2. The first-order valence-corrected chi connectivity index (χ1v) is 8.87. The molecule has 0 saturated carbocycles. The van der Waals surface area contributed by atoms with Crippen LogP contribution in [0.1, 0.15) is 16.1 Å². The van der Waals surface area contributed by atoms with Crippen LogP contribution >= 0.6 is 0 Å². The quantitative estimate of drug-likeness (QED) is 0.522. The van der Waals surface area contributed by atoms with Crippen LogP contribution < -0.4 is 10.1 Å². The van der Waals surface area contributed by atoms with E-state index in [1.807, 2.05) is 30.3 Å². The maximum absolute atomic E-state index is 13.4. The van der Waals surface area contributed by atoms with Gasteiger partial charge in [-0.3, -0.25) is 4.79 Å². The van der Waals surface area contributed by atoms with Gasteiger partial charge in [0.2, 0.25) is 11.6 Å². The summed E-state index contributed by atoms with van der Waals surface area (Å²) in [4.78, 5) is 16.6. The zero-order valence-corrected chi connectivity index (χ0v) is 15.2. The zero-order valence-electron chi connectivity index (χ0n) is 15.2. The molecule has 6 nitrogen and oxygen atoms in total. The van der Waals surface area contributed by atoms with Crippen LogP contribution in [0.5, 0.6) is 11.6 Å². The molecular weight excluding hydrogens is 373 g/mol. The molecule has 0 aliphatic heterocycles. The second-order valence-electron chi connectivity index (χ2n) is 6.15. The smallest absolute Gasteiger partial charge is 0.290 e. The van der Waals surface area contributed by atoms with Gasteiger partial charge in [0.15, 0.2) is 0 Å². The maximum atomic E-state index is 13.4. The number of pyridine rings is 1. The van der Waals surface area contributed by atoms with E-state index in [1.165, 1.54) is 12.1 Å². The molecule has 144 valence electrons. The summed E-state index contributed by atoms with van der Waals surface area (Å²) in [6.07, 6.45) is 1.56. The third-order valence-corrected chi connectivity index (χ3v) is 4.10. The number of carbonyl (C=O) groups is 1. The number of ether oxygens (including phenoxy) is 1. The zero-order chi connectivity index (χ0) is 20.1. The molecule has 0 spiro atoms. The summed E-state index contributed by atoms with van der Waals surface area (Å²) in [6, 6.07) is 20.2. The molecule has 0 aliphatic rings. The predicted octanol–water partition coefficient (Wildman–Crippen LogP) is 4.60. The molecule has 2 aromatic heterocycles. The highest BCUT2D eigenvalue weighted by Gasteiger charge is 2.15. The molecule has 2 heterocycles. The van der Waals surface area contributed by atoms with E-state index in [9.17, 15) is 9.18 Å². The average Bonchev–Trinajstić information content (AvgIpc) is 3.24. The van der Waals surface area contributed by atoms with Crippen LogP contribution in [0, 0.1) is 5.82 Å². The third-order valence-electron chi connectivity index (χ3n) is 4.10. The van der Waals surface area contributed by atoms with Gasteiger partial charge in [0.05, 0.1) is 0 Å². The van der Waals surface area contributed by atoms with Crippen molar-refractivity contribution in [2.24, 2.45) is 0 Å². The van der Waals surface area contributed by atoms with Crippen LogP contribution in [0.3, 0.4) is 0 Å². The van der Waals surface area contributed by atoms with Crippen LogP contribution in [0.4, 0.5) is 4.39 Å². The van der Waals surface area contributed by atoms with E-state index < -0.39 is 11.7 Å². The Morgan fingerprint density at radius 1 is 1.03 bits per heavy atom. The van der Waals surface area contributed by atoms with Crippen molar-refractivity contribution < 1.29 is 18.4 Å². The van der Waals surface area contributed by atoms with Gasteiger partial charge in [-0.05, 0) is 18.2 Å². The predicted molar refractivity (Wildman–Crippen MR) is 104 cm³/mol. The van der Waals surface area contributed by atoms with Gasteiger partial charge in [-0.1, -0.05) is 47.6 Å². The SMILES string of the molecule is O=C(NCc1cccnc1Oc1cccc(F)c1)c1cc(-c2ccccc2)no1. The fourth-order valence-corrected chi connectivity index (χ4v) is 2.68. The number of hydrogen-bond donors (Lipinski definition) is 1. The Morgan fingerprint density at radius 2 is 1.90 bits per heavy atom. The second kappa shape index (κ2) is 8.35. The Hall–Kier alpha value is -4.00. The van der Waals surface area contributed by atoms with E-state index in [-0.39, 0.29) is 18.2 Å². The van der Waals surface area contributed by atoms with Crippen LogP contribution in [0.15, 0.2) is 83.5 Å². The van der Waals surface area contributed by atoms with Crippen LogP contribution in [0.25, 0.3) is 11.3 Å². The molecule has 1 amide bonds. The number of rotatable bonds is 6. The van der Waals surface area contributed by atoms with Crippen molar-refractivity contribution in [2.75, 3.05) is 0 Å². The van der Waals surface area contributed by atoms with Gasteiger partial charge in [0.25, 0.3) is 5.91 Å². The van der Waals surface area contributed by atoms with Gasteiger partial charge in [0.1, 0.15) is 17.3 Å². The van der Waals surface area contributed by atoms with Crippen molar-refractivity contribution in [3.8, 4) is 22.9 Å². The van der Waals surface area contributed by atoms with E-state index in [0.717, 1.165) is 5.56 Å². The summed E-state index contributed by atoms with van der Waals surface area (Å²) in [5.74, 6) is -0.131. The largest absolute Gasteiger partial charge is 0.439 e. The molecule has 1 N–H and O–H groups in total. The number of halogens is 1. The van der Waals surface area contributed by atoms with Crippen molar-refractivity contribution in [3.05, 3.63) is 96.1 Å². The lowest BCUT2D eigenvalue weighted by molar-refractivity contribution is 0.0914. The topological polar surface area (TPSA) is 77.2 Å². The van der Waals surface area contributed by atoms with E-state index in [2.05, 4.69) is 15.5 Å². The number of aromatic nitrogens is 2. The summed E-state index contributed by atoms with van der Waals surface area (Å²) >= 11 is 0. The first-order chi connectivity index (χ1) is 14.2. The normalized spacial score (nSPS) is 10.5. The Labute approximate surface area is 166 Å². The highest BCUT2D eigenvalue weighted by Crippen LogP contribution is 2.24. The Kier molecular flexibility index (Phi) is 5.29. The lowest BCUT2D eigenvalue weighted by atomic mass is 10.1. The molecule has 0 radical (unpaired) electrons. The summed E-state index contributed by atoms with van der Waals surface area (Å²) in [7, 11) is 0. The molecule has 0 bridgehead atoms. The molecular formula is C22H16FN3O3. The molecule has 0 saturated heterocycles. The minimum absolute atomic E-state index is 0.0975. The summed E-state index contributed by atoms with van der Waals surface area (Å²) in [6.45, 7) is 0.151. The number of amides is 1. The highest BCUT2D eigenvalue weighted by atomic mass is 19.1. The molecule has 29 heavy (non-hydrogen) atoms. The lowest BCUT2D eigenvalue weighted by Crippen LogP contribution is -2.22. The first-order valence-electron chi connectivity index (χ1n) is 8.87. The van der Waals surface area contributed by atoms with Crippen molar-refractivity contribution >= 4 is 5.91 Å². The van der Waals surface area contributed by atoms with Gasteiger partial charge in [0, 0.05) is 36.0 Å². The Balaban J connectivity index is 1.44. The molecule has 0 atom stereocenters. The van der Waals surface area contributed by atoms with E-state index >= 15 is 0 Å². The summed E-state index contributed by atoms with van der Waals surface area (Å²) in [5.41, 5.74) is 2.06. The molecule has 0 aliphatic carbocycles. The first kappa shape index (κ1) is 18.4. The lowest BCUT2D eigenvalue weighted by Gasteiger charge is -2.10. The molecule has 4 rings (SSSR count). The van der Waals surface area contributed by atoms with Crippen LogP contribution in [0.2, 0.25) is 0 Å². The van der Waals surface area contributed by atoms with Gasteiger partial charge in [-0.2, -0.15) is 0 Å². The molecule has 2 aromatic carbocycles. The van der Waals surface area contributed by atoms with Crippen molar-refractivity contribution in [1.29, 1.82) is 0 Å². The minimum Gasteiger partial charge on any atom is -0.439 e. The molecule has 4 aromatic rings. The van der Waals surface area contributed by atoms with Gasteiger partial charge in [-0.25, -0.2) is 9.37 Å². The fourth-order valence-electron chi connectivity index (χ4n) is 2.68. The fraction of sp³-hybridized carbons (Fsp3) is 0.0455. The van der Waals surface area contributed by atoms with E-state index in [4.69, 9.17) is 9.26 Å². The van der Waals surface area contributed by atoms with Crippen molar-refractivity contribution in [3.63, 3.8) is 0 Å². The highest BCUT2D eigenvalue weighted by molar-refractivity contribution is 5.92. The van der Waals surface area contributed by atoms with E-state index in [0.29, 0.717) is 17.0 Å². The summed E-state index contributed by atoms with van der Waals surface area (Å²) < 4.78 is 24.2. The standard InChI is InChI=1S/C22H16FN3O3/c23-17-9-4-10-18(12-17)28-22-16(8-5-11-24-22)14-25-21(27)20-13-19(26-29-20)15-6-2-1-3-7-15/h1-13H,14H2,(H,25,27). The second-order valence-corrected chi connectivity index (χ2v) is 6.15. The molecule has 0 unspecified atom stereocenters. The molecule has 7 heteroatoms. The van der Waals surface area contributed by atoms with Gasteiger partial charge in [-0.15, -0.1) is 0 Å². The minimum atomic E-state index is -0.416. The third kappa shape index (κ3) is 4.47. The van der Waals surface area contributed by atoms with Crippen LogP contribution in [-0.2, 0) is 6.54 Å². The van der Waals surface area contributed by atoms with Crippen molar-refractivity contribution in [2.45, 2.75) is 6.54 Å². The Morgan fingerprint density at radius 3 is 2.72 bits per heavy atom. The number of hydrogen-bond acceptors (Lipinski definition) is 5. The summed E-state index contributed by atoms with van der Waals surface area (Å²) in [5, 5.41) is 6.69.